The number of hydrogen-bond donors (Lipinski definition) is 1. The van der Waals surface area contributed by atoms with Crippen LogP contribution in [0.3, 0.4) is 0 Å². The van der Waals surface area contributed by atoms with Crippen LogP contribution in [0.2, 0.25) is 0 Å². The van der Waals surface area contributed by atoms with E-state index in [4.69, 9.17) is 4.74 Å². The van der Waals surface area contributed by atoms with Gasteiger partial charge in [0.05, 0.1) is 18.2 Å². The predicted molar refractivity (Wildman–Crippen MR) is 97.3 cm³/mol. The molecule has 1 N–H and O–H groups in total. The molecule has 7 heteroatoms. The second-order valence-corrected chi connectivity index (χ2v) is 6.90. The summed E-state index contributed by atoms with van der Waals surface area (Å²) in [6.45, 7) is 2.54. The van der Waals surface area contributed by atoms with E-state index in [9.17, 15) is 9.59 Å². The number of carbonyl (C=O) groups is 2. The Morgan fingerprint density at radius 2 is 2.16 bits per heavy atom. The molecule has 25 heavy (non-hydrogen) atoms. The lowest BCUT2D eigenvalue weighted by molar-refractivity contribution is -0.117. The van der Waals surface area contributed by atoms with Gasteiger partial charge >= 0.3 is 0 Å². The number of methoxy groups -OCH3 is 1. The van der Waals surface area contributed by atoms with Crippen molar-refractivity contribution in [3.8, 4) is 5.75 Å². The van der Waals surface area contributed by atoms with Crippen molar-refractivity contribution in [3.63, 3.8) is 0 Å². The first-order valence-corrected chi connectivity index (χ1v) is 9.18. The molecule has 6 nitrogen and oxygen atoms in total. The number of rotatable bonds is 6. The number of anilines is 1. The average Bonchev–Trinajstić information content (AvgIpc) is 3.22. The summed E-state index contributed by atoms with van der Waals surface area (Å²) in [5.74, 6) is 0.528. The molecule has 1 aromatic carbocycles. The molecule has 1 fully saturated rings. The van der Waals surface area contributed by atoms with Crippen LogP contribution >= 0.6 is 11.3 Å². The van der Waals surface area contributed by atoms with E-state index in [-0.39, 0.29) is 17.9 Å². The highest BCUT2D eigenvalue weighted by atomic mass is 32.1. The first-order valence-electron chi connectivity index (χ1n) is 8.30. The third-order valence-corrected chi connectivity index (χ3v) is 5.00. The van der Waals surface area contributed by atoms with E-state index in [1.54, 1.807) is 17.4 Å². The maximum absolute atomic E-state index is 12.3. The SMILES string of the molecule is CCCc1nc(C(=O)N[C@H]2CC(=O)N(c3ccc(OC)cc3)C2)cs1. The molecule has 0 aliphatic carbocycles. The van der Waals surface area contributed by atoms with Gasteiger partial charge in [0.2, 0.25) is 5.91 Å². The fourth-order valence-electron chi connectivity index (χ4n) is 2.82. The van der Waals surface area contributed by atoms with E-state index in [2.05, 4.69) is 17.2 Å². The maximum Gasteiger partial charge on any atom is 0.271 e. The van der Waals surface area contributed by atoms with Crippen LogP contribution in [0.4, 0.5) is 5.69 Å². The molecule has 0 spiro atoms. The lowest BCUT2D eigenvalue weighted by Crippen LogP contribution is -2.37. The minimum absolute atomic E-state index is 0.000386. The molecule has 3 rings (SSSR count). The van der Waals surface area contributed by atoms with E-state index >= 15 is 0 Å². The third-order valence-electron chi connectivity index (χ3n) is 4.09. The number of hydrogen-bond acceptors (Lipinski definition) is 5. The number of thiazole rings is 1. The zero-order chi connectivity index (χ0) is 17.8. The molecule has 0 bridgehead atoms. The topological polar surface area (TPSA) is 71.5 Å². The second-order valence-electron chi connectivity index (χ2n) is 5.95. The Hall–Kier alpha value is -2.41. The molecule has 2 amide bonds. The summed E-state index contributed by atoms with van der Waals surface area (Å²) in [6, 6.07) is 7.12. The number of carbonyl (C=O) groups excluding carboxylic acids is 2. The first-order chi connectivity index (χ1) is 12.1. The van der Waals surface area contributed by atoms with Crippen LogP contribution in [0.1, 0.15) is 35.3 Å². The largest absolute Gasteiger partial charge is 0.497 e. The quantitative estimate of drug-likeness (QED) is 0.861. The summed E-state index contributed by atoms with van der Waals surface area (Å²) in [5.41, 5.74) is 1.24. The Balaban J connectivity index is 1.62. The van der Waals surface area contributed by atoms with Crippen molar-refractivity contribution < 1.29 is 14.3 Å². The van der Waals surface area contributed by atoms with E-state index in [0.717, 1.165) is 29.3 Å². The van der Waals surface area contributed by atoms with Crippen LogP contribution in [0, 0.1) is 0 Å². The molecule has 1 aliphatic heterocycles. The zero-order valence-electron chi connectivity index (χ0n) is 14.3. The van der Waals surface area contributed by atoms with Gasteiger partial charge in [0.25, 0.3) is 5.91 Å². The monoisotopic (exact) mass is 359 g/mol. The van der Waals surface area contributed by atoms with E-state index in [0.29, 0.717) is 18.7 Å². The zero-order valence-corrected chi connectivity index (χ0v) is 15.1. The van der Waals surface area contributed by atoms with Gasteiger partial charge in [-0.2, -0.15) is 0 Å². The fraction of sp³-hybridized carbons (Fsp3) is 0.389. The number of aryl methyl sites for hydroxylation is 1. The van der Waals surface area contributed by atoms with Crippen molar-refractivity contribution in [1.82, 2.24) is 10.3 Å². The van der Waals surface area contributed by atoms with Crippen molar-refractivity contribution in [3.05, 3.63) is 40.3 Å². The summed E-state index contributed by atoms with van der Waals surface area (Å²) < 4.78 is 5.13. The third kappa shape index (κ3) is 3.99. The minimum Gasteiger partial charge on any atom is -0.497 e. The molecule has 0 saturated carbocycles. The van der Waals surface area contributed by atoms with Gasteiger partial charge in [0.1, 0.15) is 11.4 Å². The van der Waals surface area contributed by atoms with E-state index < -0.39 is 0 Å². The predicted octanol–water partition coefficient (Wildman–Crippen LogP) is 2.64. The van der Waals surface area contributed by atoms with Gasteiger partial charge < -0.3 is 15.0 Å². The van der Waals surface area contributed by atoms with Gasteiger partial charge in [-0.1, -0.05) is 6.92 Å². The first kappa shape index (κ1) is 17.4. The number of nitrogens with one attached hydrogen (secondary N) is 1. The molecule has 1 atom stereocenters. The Labute approximate surface area is 150 Å². The molecule has 1 aromatic heterocycles. The summed E-state index contributed by atoms with van der Waals surface area (Å²) in [6.07, 6.45) is 2.18. The lowest BCUT2D eigenvalue weighted by Gasteiger charge is -2.17. The fourth-order valence-corrected chi connectivity index (χ4v) is 3.70. The van der Waals surface area contributed by atoms with Crippen LogP contribution in [0.25, 0.3) is 0 Å². The molecule has 1 aliphatic rings. The summed E-state index contributed by atoms with van der Waals surface area (Å²) in [5, 5.41) is 5.67. The number of benzene rings is 1. The van der Waals surface area contributed by atoms with Crippen LogP contribution in [-0.4, -0.2) is 36.5 Å². The Bertz CT molecular complexity index is 757. The van der Waals surface area contributed by atoms with E-state index in [1.807, 2.05) is 24.3 Å². The highest BCUT2D eigenvalue weighted by molar-refractivity contribution is 7.09. The highest BCUT2D eigenvalue weighted by Crippen LogP contribution is 2.24. The lowest BCUT2D eigenvalue weighted by atomic mass is 10.2. The number of ether oxygens (including phenoxy) is 1. The minimum atomic E-state index is -0.215. The molecular weight excluding hydrogens is 338 g/mol. The average molecular weight is 359 g/mol. The van der Waals surface area contributed by atoms with Gasteiger partial charge in [-0.3, -0.25) is 9.59 Å². The van der Waals surface area contributed by atoms with Crippen molar-refractivity contribution in [2.75, 3.05) is 18.6 Å². The van der Waals surface area contributed by atoms with Gasteiger partial charge in [-0.25, -0.2) is 4.98 Å². The molecule has 2 heterocycles. The van der Waals surface area contributed by atoms with Crippen LogP contribution in [0.15, 0.2) is 29.6 Å². The number of nitrogens with zero attached hydrogens (tertiary/aromatic N) is 2. The maximum atomic E-state index is 12.3. The van der Waals surface area contributed by atoms with Crippen LogP contribution in [0.5, 0.6) is 5.75 Å². The summed E-state index contributed by atoms with van der Waals surface area (Å²) >= 11 is 1.50. The number of amides is 2. The van der Waals surface area contributed by atoms with Gasteiger partial charge in [0, 0.05) is 24.0 Å². The van der Waals surface area contributed by atoms with Gasteiger partial charge in [-0.05, 0) is 37.1 Å². The van der Waals surface area contributed by atoms with Crippen molar-refractivity contribution in [1.29, 1.82) is 0 Å². The van der Waals surface area contributed by atoms with Gasteiger partial charge in [-0.15, -0.1) is 11.3 Å². The standard InChI is InChI=1S/C18H21N3O3S/c1-3-4-16-20-15(11-25-16)18(23)19-12-9-17(22)21(10-12)13-5-7-14(24-2)8-6-13/h5-8,11-12H,3-4,9-10H2,1-2H3,(H,19,23)/t12-/m0/s1. The molecule has 2 aromatic rings. The molecule has 0 radical (unpaired) electrons. The second kappa shape index (κ2) is 7.65. The van der Waals surface area contributed by atoms with Crippen LogP contribution in [-0.2, 0) is 11.2 Å². The number of aromatic nitrogens is 1. The van der Waals surface area contributed by atoms with Crippen molar-refractivity contribution in [2.24, 2.45) is 0 Å². The van der Waals surface area contributed by atoms with Crippen molar-refractivity contribution >= 4 is 28.8 Å². The Morgan fingerprint density at radius 1 is 1.40 bits per heavy atom. The smallest absolute Gasteiger partial charge is 0.271 e. The normalized spacial score (nSPS) is 17.0. The van der Waals surface area contributed by atoms with Gasteiger partial charge in [0.15, 0.2) is 0 Å². The summed E-state index contributed by atoms with van der Waals surface area (Å²) in [7, 11) is 1.60. The van der Waals surface area contributed by atoms with Crippen molar-refractivity contribution in [2.45, 2.75) is 32.2 Å². The molecule has 1 saturated heterocycles. The molecular formula is C18H21N3O3S. The highest BCUT2D eigenvalue weighted by Gasteiger charge is 2.32. The van der Waals surface area contributed by atoms with Crippen LogP contribution < -0.4 is 15.0 Å². The molecule has 132 valence electrons. The Kier molecular flexibility index (Phi) is 5.33. The molecule has 0 unspecified atom stereocenters. The summed E-state index contributed by atoms with van der Waals surface area (Å²) in [4.78, 5) is 30.7. The van der Waals surface area contributed by atoms with E-state index in [1.165, 1.54) is 11.3 Å². The Morgan fingerprint density at radius 3 is 2.84 bits per heavy atom.